The second kappa shape index (κ2) is 7.96. The van der Waals surface area contributed by atoms with Crippen molar-refractivity contribution < 1.29 is 0 Å². The lowest BCUT2D eigenvalue weighted by atomic mass is 10.1. The largest absolute Gasteiger partial charge is 0.380 e. The van der Waals surface area contributed by atoms with Crippen LogP contribution in [0.4, 0.5) is 5.69 Å². The predicted molar refractivity (Wildman–Crippen MR) is 90.5 cm³/mol. The molecule has 1 atom stereocenters. The van der Waals surface area contributed by atoms with Gasteiger partial charge in [0, 0.05) is 6.54 Å². The number of nitrogens with one attached hydrogen (secondary N) is 2. The number of halogens is 1. The van der Waals surface area contributed by atoms with Gasteiger partial charge in [-0.3, -0.25) is 9.69 Å². The van der Waals surface area contributed by atoms with Crippen molar-refractivity contribution >= 4 is 17.3 Å². The minimum Gasteiger partial charge on any atom is -0.380 e. The first-order chi connectivity index (χ1) is 10.7. The van der Waals surface area contributed by atoms with Gasteiger partial charge in [0.2, 0.25) is 0 Å². The number of rotatable bonds is 7. The van der Waals surface area contributed by atoms with E-state index in [1.165, 1.54) is 11.8 Å². The molecular formula is C16H21ClN4O. The summed E-state index contributed by atoms with van der Waals surface area (Å²) < 4.78 is 0. The summed E-state index contributed by atoms with van der Waals surface area (Å²) in [7, 11) is 0. The zero-order valence-corrected chi connectivity index (χ0v) is 13.6. The summed E-state index contributed by atoms with van der Waals surface area (Å²) in [5.41, 5.74) is 1.40. The molecule has 0 radical (unpaired) electrons. The minimum atomic E-state index is -0.384. The molecule has 118 valence electrons. The van der Waals surface area contributed by atoms with Crippen molar-refractivity contribution in [1.82, 2.24) is 15.1 Å². The molecule has 0 saturated heterocycles. The predicted octanol–water partition coefficient (Wildman–Crippen LogP) is 2.92. The quantitative estimate of drug-likeness (QED) is 0.823. The van der Waals surface area contributed by atoms with Crippen LogP contribution in [0.15, 0.2) is 41.3 Å². The Bertz CT molecular complexity index is 640. The molecule has 0 saturated carbocycles. The first kappa shape index (κ1) is 16.5. The van der Waals surface area contributed by atoms with Gasteiger partial charge in [-0.25, -0.2) is 5.10 Å². The molecule has 0 bridgehead atoms. The van der Waals surface area contributed by atoms with Crippen molar-refractivity contribution in [3.8, 4) is 0 Å². The van der Waals surface area contributed by atoms with Gasteiger partial charge in [0.05, 0.1) is 17.9 Å². The highest BCUT2D eigenvalue weighted by molar-refractivity contribution is 6.32. The molecule has 5 nitrogen and oxygen atoms in total. The van der Waals surface area contributed by atoms with Crippen molar-refractivity contribution in [3.05, 3.63) is 57.5 Å². The van der Waals surface area contributed by atoms with Gasteiger partial charge in [0.1, 0.15) is 5.02 Å². The topological polar surface area (TPSA) is 61.0 Å². The molecule has 2 aromatic rings. The number of nitrogens with zero attached hydrogens (tertiary/aromatic N) is 2. The molecule has 0 spiro atoms. The van der Waals surface area contributed by atoms with E-state index in [1.807, 2.05) is 18.2 Å². The summed E-state index contributed by atoms with van der Waals surface area (Å²) in [5, 5.41) is 9.48. The molecule has 0 aliphatic heterocycles. The number of H-pyrrole nitrogens is 1. The number of likely N-dealkylation sites (N-methyl/N-ethyl adjacent to an activating group) is 1. The maximum Gasteiger partial charge on any atom is 0.285 e. The van der Waals surface area contributed by atoms with E-state index < -0.39 is 0 Å². The molecule has 0 aliphatic carbocycles. The van der Waals surface area contributed by atoms with E-state index in [-0.39, 0.29) is 16.6 Å². The first-order valence-corrected chi connectivity index (χ1v) is 7.81. The number of hydrogen-bond donors (Lipinski definition) is 2. The second-order valence-electron chi connectivity index (χ2n) is 4.96. The highest BCUT2D eigenvalue weighted by Crippen LogP contribution is 2.22. The molecule has 0 fully saturated rings. The monoisotopic (exact) mass is 320 g/mol. The third-order valence-corrected chi connectivity index (χ3v) is 4.09. The van der Waals surface area contributed by atoms with Crippen LogP contribution in [-0.2, 0) is 0 Å². The smallest absolute Gasteiger partial charge is 0.285 e. The van der Waals surface area contributed by atoms with Crippen LogP contribution in [0.1, 0.15) is 25.5 Å². The van der Waals surface area contributed by atoms with Gasteiger partial charge in [0.15, 0.2) is 0 Å². The highest BCUT2D eigenvalue weighted by Gasteiger charge is 2.18. The molecule has 2 rings (SSSR count). The molecule has 0 amide bonds. The highest BCUT2D eigenvalue weighted by atomic mass is 35.5. The van der Waals surface area contributed by atoms with E-state index in [4.69, 9.17) is 11.6 Å². The van der Waals surface area contributed by atoms with Crippen LogP contribution in [0.25, 0.3) is 0 Å². The Morgan fingerprint density at radius 2 is 1.95 bits per heavy atom. The molecule has 1 aromatic carbocycles. The van der Waals surface area contributed by atoms with Gasteiger partial charge >= 0.3 is 0 Å². The molecule has 1 heterocycles. The number of benzene rings is 1. The average molecular weight is 321 g/mol. The summed E-state index contributed by atoms with van der Waals surface area (Å²) in [6.07, 6.45) is 1.54. The van der Waals surface area contributed by atoms with Crippen LogP contribution < -0.4 is 10.9 Å². The van der Waals surface area contributed by atoms with Gasteiger partial charge < -0.3 is 5.32 Å². The third kappa shape index (κ3) is 3.87. The van der Waals surface area contributed by atoms with Gasteiger partial charge in [-0.1, -0.05) is 55.8 Å². The Labute approximate surface area is 135 Å². The molecule has 0 unspecified atom stereocenters. The minimum absolute atomic E-state index is 0.140. The van der Waals surface area contributed by atoms with Crippen molar-refractivity contribution in [3.63, 3.8) is 0 Å². The number of anilines is 1. The zero-order chi connectivity index (χ0) is 15.9. The number of hydrogen-bond acceptors (Lipinski definition) is 4. The van der Waals surface area contributed by atoms with Crippen LogP contribution >= 0.6 is 11.6 Å². The summed E-state index contributed by atoms with van der Waals surface area (Å²) in [4.78, 5) is 13.9. The summed E-state index contributed by atoms with van der Waals surface area (Å²) >= 11 is 6.01. The van der Waals surface area contributed by atoms with Crippen molar-refractivity contribution in [1.29, 1.82) is 0 Å². The maximum absolute atomic E-state index is 11.5. The zero-order valence-electron chi connectivity index (χ0n) is 12.8. The van der Waals surface area contributed by atoms with Gasteiger partial charge in [-0.2, -0.15) is 5.10 Å². The molecule has 1 aromatic heterocycles. The maximum atomic E-state index is 11.5. The van der Waals surface area contributed by atoms with Gasteiger partial charge in [0.25, 0.3) is 5.56 Å². The van der Waals surface area contributed by atoms with Gasteiger partial charge in [-0.05, 0) is 18.7 Å². The van der Waals surface area contributed by atoms with Crippen LogP contribution in [-0.4, -0.2) is 34.7 Å². The van der Waals surface area contributed by atoms with Crippen LogP contribution in [0.5, 0.6) is 0 Å². The van der Waals surface area contributed by atoms with Crippen molar-refractivity contribution in [2.75, 3.05) is 25.0 Å². The SMILES string of the molecule is CCN(CC)[C@@H](CNc1cn[nH]c(=O)c1Cl)c1ccccc1. The first-order valence-electron chi connectivity index (χ1n) is 7.43. The lowest BCUT2D eigenvalue weighted by Crippen LogP contribution is -2.33. The molecule has 6 heteroatoms. The lowest BCUT2D eigenvalue weighted by Gasteiger charge is -2.30. The Morgan fingerprint density at radius 3 is 2.59 bits per heavy atom. The Kier molecular flexibility index (Phi) is 5.98. The Morgan fingerprint density at radius 1 is 1.27 bits per heavy atom. The Balaban J connectivity index is 2.20. The van der Waals surface area contributed by atoms with Crippen LogP contribution in [0, 0.1) is 0 Å². The standard InChI is InChI=1S/C16H21ClN4O/c1-3-21(4-2)14(12-8-6-5-7-9-12)11-18-13-10-19-20-16(22)15(13)17/h5-10,14H,3-4,11H2,1-2H3,(H2,18,20,22)/t14-/m0/s1. The fourth-order valence-corrected chi connectivity index (χ4v) is 2.67. The second-order valence-corrected chi connectivity index (χ2v) is 5.33. The van der Waals surface area contributed by atoms with E-state index in [0.717, 1.165) is 13.1 Å². The van der Waals surface area contributed by atoms with E-state index in [1.54, 1.807) is 0 Å². The molecule has 0 aliphatic rings. The lowest BCUT2D eigenvalue weighted by molar-refractivity contribution is 0.228. The normalized spacial score (nSPS) is 12.4. The molecule has 2 N–H and O–H groups in total. The summed E-state index contributed by atoms with van der Waals surface area (Å²) in [6.45, 7) is 6.82. The average Bonchev–Trinajstić information content (AvgIpc) is 2.56. The van der Waals surface area contributed by atoms with Crippen molar-refractivity contribution in [2.45, 2.75) is 19.9 Å². The number of aromatic amines is 1. The fourth-order valence-electron chi connectivity index (χ4n) is 2.51. The van der Waals surface area contributed by atoms with E-state index >= 15 is 0 Å². The summed E-state index contributed by atoms with van der Waals surface area (Å²) in [6, 6.07) is 10.5. The Hall–Kier alpha value is -1.85. The third-order valence-electron chi connectivity index (χ3n) is 3.72. The fraction of sp³-hybridized carbons (Fsp3) is 0.375. The van der Waals surface area contributed by atoms with E-state index in [9.17, 15) is 4.79 Å². The van der Waals surface area contributed by atoms with Crippen LogP contribution in [0.3, 0.4) is 0 Å². The molecular weight excluding hydrogens is 300 g/mol. The van der Waals surface area contributed by atoms with Crippen LogP contribution in [0.2, 0.25) is 5.02 Å². The summed E-state index contributed by atoms with van der Waals surface area (Å²) in [5.74, 6) is 0. The molecule has 22 heavy (non-hydrogen) atoms. The van der Waals surface area contributed by atoms with Gasteiger partial charge in [-0.15, -0.1) is 0 Å². The van der Waals surface area contributed by atoms with E-state index in [2.05, 4.69) is 46.4 Å². The van der Waals surface area contributed by atoms with Crippen molar-refractivity contribution in [2.24, 2.45) is 0 Å². The number of aromatic nitrogens is 2. The van der Waals surface area contributed by atoms with E-state index in [0.29, 0.717) is 12.2 Å².